The van der Waals surface area contributed by atoms with Crippen LogP contribution in [0.4, 0.5) is 0 Å². The lowest BCUT2D eigenvalue weighted by Gasteiger charge is -2.29. The van der Waals surface area contributed by atoms with Crippen LogP contribution in [0.15, 0.2) is 156 Å². The first kappa shape index (κ1) is 29.3. The molecule has 4 nitrogen and oxygen atoms in total. The van der Waals surface area contributed by atoms with Crippen LogP contribution in [0, 0.1) is 0 Å². The molecule has 0 amide bonds. The van der Waals surface area contributed by atoms with E-state index in [0.717, 1.165) is 49.8 Å². The maximum Gasteiger partial charge on any atom is 0.164 e. The van der Waals surface area contributed by atoms with Crippen LogP contribution in [-0.2, 0) is 0 Å². The van der Waals surface area contributed by atoms with Gasteiger partial charge in [0.25, 0.3) is 0 Å². The summed E-state index contributed by atoms with van der Waals surface area (Å²) in [5.41, 5.74) is 9.69. The number of hydrogen-bond donors (Lipinski definition) is 0. The zero-order valence-electron chi connectivity index (χ0n) is 27.2. The van der Waals surface area contributed by atoms with Crippen molar-refractivity contribution in [3.8, 4) is 45.3 Å². The minimum Gasteiger partial charge on any atom is -0.456 e. The first-order chi connectivity index (χ1) is 24.2. The SMILES string of the molecule is c1ccc(-c2cccc(-c3nc(-c4ccccc4)nc(-c4ccc5c(c4)oc4cc(C6CCC(c7ccccc7)CC6)ccc45)n3)c2)cc1. The smallest absolute Gasteiger partial charge is 0.164 e. The van der Waals surface area contributed by atoms with E-state index in [9.17, 15) is 0 Å². The van der Waals surface area contributed by atoms with E-state index in [4.69, 9.17) is 19.4 Å². The topological polar surface area (TPSA) is 51.8 Å². The molecule has 0 N–H and O–H groups in total. The molecule has 1 fully saturated rings. The van der Waals surface area contributed by atoms with Crippen LogP contribution >= 0.6 is 0 Å². The monoisotopic (exact) mass is 633 g/mol. The van der Waals surface area contributed by atoms with Gasteiger partial charge < -0.3 is 4.42 Å². The fourth-order valence-electron chi connectivity index (χ4n) is 7.49. The first-order valence-corrected chi connectivity index (χ1v) is 17.2. The van der Waals surface area contributed by atoms with Gasteiger partial charge in [0.05, 0.1) is 0 Å². The number of hydrogen-bond acceptors (Lipinski definition) is 4. The Bertz CT molecular complexity index is 2390. The van der Waals surface area contributed by atoms with Gasteiger partial charge in [-0.3, -0.25) is 0 Å². The molecule has 0 aliphatic heterocycles. The van der Waals surface area contributed by atoms with Gasteiger partial charge in [0.2, 0.25) is 0 Å². The van der Waals surface area contributed by atoms with E-state index in [1.54, 1.807) is 0 Å². The number of rotatable bonds is 6. The molecular formula is C45H35N3O. The van der Waals surface area contributed by atoms with Crippen molar-refractivity contribution >= 4 is 21.9 Å². The Hall–Kier alpha value is -5.87. The largest absolute Gasteiger partial charge is 0.456 e. The Kier molecular flexibility index (Phi) is 7.55. The molecule has 1 aliphatic rings. The summed E-state index contributed by atoms with van der Waals surface area (Å²) in [5, 5.41) is 2.24. The lowest BCUT2D eigenvalue weighted by molar-refractivity contribution is 0.396. The van der Waals surface area contributed by atoms with Crippen LogP contribution in [0.5, 0.6) is 0 Å². The van der Waals surface area contributed by atoms with E-state index in [1.807, 2.05) is 36.4 Å². The molecule has 8 aromatic rings. The van der Waals surface area contributed by atoms with Crippen molar-refractivity contribution in [2.75, 3.05) is 0 Å². The first-order valence-electron chi connectivity index (χ1n) is 17.2. The van der Waals surface area contributed by atoms with Crippen molar-refractivity contribution in [1.82, 2.24) is 15.0 Å². The third-order valence-corrected chi connectivity index (χ3v) is 10.1. The number of nitrogens with zero attached hydrogens (tertiary/aromatic N) is 3. The fraction of sp³-hybridized carbons (Fsp3) is 0.133. The summed E-state index contributed by atoms with van der Waals surface area (Å²) in [6, 6.07) is 53.0. The Morgan fingerprint density at radius 3 is 1.53 bits per heavy atom. The molecule has 1 aliphatic carbocycles. The second-order valence-electron chi connectivity index (χ2n) is 13.1. The minimum absolute atomic E-state index is 0.563. The Morgan fingerprint density at radius 1 is 0.367 bits per heavy atom. The van der Waals surface area contributed by atoms with E-state index in [-0.39, 0.29) is 0 Å². The van der Waals surface area contributed by atoms with Gasteiger partial charge in [-0.05, 0) is 84.0 Å². The fourth-order valence-corrected chi connectivity index (χ4v) is 7.49. The van der Waals surface area contributed by atoms with Gasteiger partial charge >= 0.3 is 0 Å². The lowest BCUT2D eigenvalue weighted by atomic mass is 9.76. The van der Waals surface area contributed by atoms with Gasteiger partial charge in [0, 0.05) is 27.5 Å². The molecule has 0 saturated heterocycles. The van der Waals surface area contributed by atoms with Crippen molar-refractivity contribution in [2.45, 2.75) is 37.5 Å². The highest BCUT2D eigenvalue weighted by Crippen LogP contribution is 2.42. The summed E-state index contributed by atoms with van der Waals surface area (Å²) in [4.78, 5) is 15.0. The van der Waals surface area contributed by atoms with Gasteiger partial charge in [-0.15, -0.1) is 0 Å². The quantitative estimate of drug-likeness (QED) is 0.183. The number of aromatic nitrogens is 3. The number of furan rings is 1. The van der Waals surface area contributed by atoms with Crippen LogP contribution in [0.25, 0.3) is 67.2 Å². The molecule has 0 spiro atoms. The van der Waals surface area contributed by atoms with Crippen LogP contribution in [0.1, 0.15) is 48.6 Å². The molecule has 4 heteroatoms. The Balaban J connectivity index is 1.06. The van der Waals surface area contributed by atoms with E-state index in [2.05, 4.69) is 115 Å². The molecule has 0 bridgehead atoms. The summed E-state index contributed by atoms with van der Waals surface area (Å²) in [6.45, 7) is 0. The molecule has 0 radical (unpaired) electrons. The van der Waals surface area contributed by atoms with Gasteiger partial charge in [-0.25, -0.2) is 15.0 Å². The maximum absolute atomic E-state index is 6.56. The Morgan fingerprint density at radius 2 is 0.857 bits per heavy atom. The molecule has 49 heavy (non-hydrogen) atoms. The summed E-state index contributed by atoms with van der Waals surface area (Å²) >= 11 is 0. The van der Waals surface area contributed by atoms with Crippen molar-refractivity contribution < 1.29 is 4.42 Å². The van der Waals surface area contributed by atoms with Gasteiger partial charge in [0.15, 0.2) is 17.5 Å². The molecule has 9 rings (SSSR count). The predicted octanol–water partition coefficient (Wildman–Crippen LogP) is 11.9. The zero-order valence-corrected chi connectivity index (χ0v) is 27.2. The standard InChI is InChI=1S/C45H35N3O/c1-4-11-30(12-5-1)32-19-21-33(22-20-32)36-23-25-39-40-26-24-38(29-42(40)49-41(39)28-36)45-47-43(34-15-8-3-9-16-34)46-44(48-45)37-18-10-17-35(27-37)31-13-6-2-7-14-31/h1-18,23-29,32-33H,19-22H2. The van der Waals surface area contributed by atoms with Crippen molar-refractivity contribution in [3.05, 3.63) is 163 Å². The predicted molar refractivity (Wildman–Crippen MR) is 199 cm³/mol. The average Bonchev–Trinajstić information content (AvgIpc) is 3.56. The molecule has 2 aromatic heterocycles. The summed E-state index contributed by atoms with van der Waals surface area (Å²) in [6.07, 6.45) is 4.86. The average molecular weight is 634 g/mol. The molecule has 0 unspecified atom stereocenters. The Labute approximate surface area is 286 Å². The summed E-state index contributed by atoms with van der Waals surface area (Å²) in [7, 11) is 0. The summed E-state index contributed by atoms with van der Waals surface area (Å²) in [5.74, 6) is 3.12. The van der Waals surface area contributed by atoms with Crippen molar-refractivity contribution in [1.29, 1.82) is 0 Å². The number of fused-ring (bicyclic) bond motifs is 3. The zero-order chi connectivity index (χ0) is 32.6. The lowest BCUT2D eigenvalue weighted by Crippen LogP contribution is -2.12. The van der Waals surface area contributed by atoms with E-state index >= 15 is 0 Å². The maximum atomic E-state index is 6.56. The van der Waals surface area contributed by atoms with Crippen LogP contribution < -0.4 is 0 Å². The van der Waals surface area contributed by atoms with E-state index in [1.165, 1.54) is 36.8 Å². The second-order valence-corrected chi connectivity index (χ2v) is 13.1. The van der Waals surface area contributed by atoms with Crippen molar-refractivity contribution in [2.24, 2.45) is 0 Å². The van der Waals surface area contributed by atoms with Crippen LogP contribution in [0.3, 0.4) is 0 Å². The van der Waals surface area contributed by atoms with Crippen molar-refractivity contribution in [3.63, 3.8) is 0 Å². The molecule has 1 saturated carbocycles. The normalized spacial score (nSPS) is 16.2. The molecule has 0 atom stereocenters. The highest BCUT2D eigenvalue weighted by atomic mass is 16.3. The van der Waals surface area contributed by atoms with E-state index in [0.29, 0.717) is 29.3 Å². The third-order valence-electron chi connectivity index (χ3n) is 10.1. The van der Waals surface area contributed by atoms with Crippen LogP contribution in [0.2, 0.25) is 0 Å². The summed E-state index contributed by atoms with van der Waals surface area (Å²) < 4.78 is 6.56. The van der Waals surface area contributed by atoms with Gasteiger partial charge in [-0.2, -0.15) is 0 Å². The van der Waals surface area contributed by atoms with Crippen LogP contribution in [-0.4, -0.2) is 15.0 Å². The number of benzene rings is 6. The molecule has 236 valence electrons. The molecule has 6 aromatic carbocycles. The minimum atomic E-state index is 0.563. The van der Waals surface area contributed by atoms with E-state index < -0.39 is 0 Å². The third kappa shape index (κ3) is 5.80. The highest BCUT2D eigenvalue weighted by molar-refractivity contribution is 6.06. The highest BCUT2D eigenvalue weighted by Gasteiger charge is 2.24. The molecular weight excluding hydrogens is 599 g/mol. The van der Waals surface area contributed by atoms with Gasteiger partial charge in [-0.1, -0.05) is 127 Å². The van der Waals surface area contributed by atoms with Gasteiger partial charge in [0.1, 0.15) is 11.2 Å². The molecule has 2 heterocycles. The second kappa shape index (κ2) is 12.6.